The number of halogens is 2. The highest BCUT2D eigenvalue weighted by molar-refractivity contribution is 9.10. The molecule has 0 aromatic heterocycles. The predicted octanol–water partition coefficient (Wildman–Crippen LogP) is 3.07. The lowest BCUT2D eigenvalue weighted by Crippen LogP contribution is -2.06. The topological polar surface area (TPSA) is 26.3 Å². The first-order valence-corrected chi connectivity index (χ1v) is 4.98. The third kappa shape index (κ3) is 2.32. The average Bonchev–Trinajstić information content (AvgIpc) is 2.11. The van der Waals surface area contributed by atoms with Crippen LogP contribution < -0.4 is 0 Å². The molecule has 1 aromatic carbocycles. The Bertz CT molecular complexity index is 363. The molecule has 0 atom stereocenters. The molecule has 0 unspecified atom stereocenters. The summed E-state index contributed by atoms with van der Waals surface area (Å²) in [5, 5.41) is 0. The molecular formula is C10H10BrFO2. The minimum atomic E-state index is -0.442. The van der Waals surface area contributed by atoms with Crippen LogP contribution in [-0.2, 0) is 4.74 Å². The molecule has 4 heteroatoms. The molecule has 1 aromatic rings. The zero-order valence-corrected chi connectivity index (χ0v) is 9.52. The van der Waals surface area contributed by atoms with Crippen molar-refractivity contribution in [2.75, 3.05) is 6.61 Å². The quantitative estimate of drug-likeness (QED) is 0.765. The van der Waals surface area contributed by atoms with Gasteiger partial charge in [-0.2, -0.15) is 0 Å². The Labute approximate surface area is 90.2 Å². The van der Waals surface area contributed by atoms with Crippen LogP contribution >= 0.6 is 15.9 Å². The molecule has 2 nitrogen and oxygen atoms in total. The summed E-state index contributed by atoms with van der Waals surface area (Å²) in [6, 6.07) is 2.74. The molecule has 0 amide bonds. The van der Waals surface area contributed by atoms with E-state index in [2.05, 4.69) is 15.9 Å². The van der Waals surface area contributed by atoms with Gasteiger partial charge in [-0.25, -0.2) is 9.18 Å². The first-order valence-electron chi connectivity index (χ1n) is 4.19. The minimum absolute atomic E-state index is 0.307. The van der Waals surface area contributed by atoms with Crippen molar-refractivity contribution in [2.45, 2.75) is 13.8 Å². The average molecular weight is 261 g/mol. The van der Waals surface area contributed by atoms with E-state index in [1.54, 1.807) is 13.8 Å². The summed E-state index contributed by atoms with van der Waals surface area (Å²) in [5.74, 6) is -0.785. The summed E-state index contributed by atoms with van der Waals surface area (Å²) in [6.07, 6.45) is 0. The van der Waals surface area contributed by atoms with E-state index in [1.807, 2.05) is 0 Å². The number of rotatable bonds is 2. The number of hydrogen-bond donors (Lipinski definition) is 0. The Morgan fingerprint density at radius 3 is 2.79 bits per heavy atom. The smallest absolute Gasteiger partial charge is 0.339 e. The molecule has 76 valence electrons. The van der Waals surface area contributed by atoms with E-state index in [0.717, 1.165) is 0 Å². The van der Waals surface area contributed by atoms with Gasteiger partial charge in [0.2, 0.25) is 0 Å². The zero-order valence-electron chi connectivity index (χ0n) is 7.93. The van der Waals surface area contributed by atoms with Crippen LogP contribution in [0.5, 0.6) is 0 Å². The van der Waals surface area contributed by atoms with Crippen molar-refractivity contribution >= 4 is 21.9 Å². The fourth-order valence-electron chi connectivity index (χ4n) is 1.02. The lowest BCUT2D eigenvalue weighted by molar-refractivity contribution is 0.0525. The maximum Gasteiger partial charge on any atom is 0.339 e. The van der Waals surface area contributed by atoms with Crippen LogP contribution in [0.4, 0.5) is 4.39 Å². The molecule has 1 rings (SSSR count). The van der Waals surface area contributed by atoms with Crippen LogP contribution in [-0.4, -0.2) is 12.6 Å². The number of ether oxygens (including phenoxy) is 1. The molecule has 0 heterocycles. The van der Waals surface area contributed by atoms with Crippen molar-refractivity contribution < 1.29 is 13.9 Å². The Hall–Kier alpha value is -0.900. The Balaban J connectivity index is 3.09. The third-order valence-corrected chi connectivity index (χ3v) is 2.40. The molecule has 0 bridgehead atoms. The number of carbonyl (C=O) groups is 1. The van der Waals surface area contributed by atoms with E-state index in [4.69, 9.17) is 4.74 Å². The molecular weight excluding hydrogens is 251 g/mol. The molecule has 0 aliphatic rings. The zero-order chi connectivity index (χ0) is 10.7. The minimum Gasteiger partial charge on any atom is -0.462 e. The molecule has 0 saturated heterocycles. The molecule has 0 radical (unpaired) electrons. The van der Waals surface area contributed by atoms with E-state index < -0.39 is 5.97 Å². The maximum absolute atomic E-state index is 13.0. The van der Waals surface area contributed by atoms with Crippen LogP contribution in [0.25, 0.3) is 0 Å². The summed E-state index contributed by atoms with van der Waals surface area (Å²) in [5.41, 5.74) is 0.780. The van der Waals surface area contributed by atoms with Gasteiger partial charge in [-0.15, -0.1) is 0 Å². The van der Waals surface area contributed by atoms with E-state index in [1.165, 1.54) is 12.1 Å². The second kappa shape index (κ2) is 4.55. The van der Waals surface area contributed by atoms with Crippen LogP contribution in [0.2, 0.25) is 0 Å². The van der Waals surface area contributed by atoms with Gasteiger partial charge in [0.05, 0.1) is 12.2 Å². The highest BCUT2D eigenvalue weighted by atomic mass is 79.9. The summed E-state index contributed by atoms with van der Waals surface area (Å²) in [6.45, 7) is 3.63. The SMILES string of the molecule is CCOC(=O)c1cc(C)c(F)cc1Br. The highest BCUT2D eigenvalue weighted by Crippen LogP contribution is 2.21. The number of aryl methyl sites for hydroxylation is 1. The van der Waals surface area contributed by atoms with Gasteiger partial charge in [0.25, 0.3) is 0 Å². The fourth-order valence-corrected chi connectivity index (χ4v) is 1.50. The van der Waals surface area contributed by atoms with E-state index in [9.17, 15) is 9.18 Å². The van der Waals surface area contributed by atoms with Gasteiger partial charge in [-0.05, 0) is 47.5 Å². The lowest BCUT2D eigenvalue weighted by atomic mass is 10.1. The molecule has 0 saturated carbocycles. The summed E-state index contributed by atoms with van der Waals surface area (Å²) in [4.78, 5) is 11.4. The predicted molar refractivity (Wildman–Crippen MR) is 54.8 cm³/mol. The molecule has 14 heavy (non-hydrogen) atoms. The standard InChI is InChI=1S/C10H10BrFO2/c1-3-14-10(13)7-4-6(2)9(12)5-8(7)11/h4-5H,3H2,1-2H3. The van der Waals surface area contributed by atoms with Crippen molar-refractivity contribution in [1.29, 1.82) is 0 Å². The van der Waals surface area contributed by atoms with Gasteiger partial charge in [-0.1, -0.05) is 0 Å². The maximum atomic E-state index is 13.0. The van der Waals surface area contributed by atoms with Gasteiger partial charge in [-0.3, -0.25) is 0 Å². The van der Waals surface area contributed by atoms with Crippen LogP contribution in [0, 0.1) is 12.7 Å². The normalized spacial score (nSPS) is 10.0. The number of benzene rings is 1. The van der Waals surface area contributed by atoms with Gasteiger partial charge >= 0.3 is 5.97 Å². The molecule has 0 aliphatic heterocycles. The van der Waals surface area contributed by atoms with Crippen LogP contribution in [0.1, 0.15) is 22.8 Å². The van der Waals surface area contributed by atoms with Crippen LogP contribution in [0.15, 0.2) is 16.6 Å². The first kappa shape index (κ1) is 11.2. The lowest BCUT2D eigenvalue weighted by Gasteiger charge is -2.05. The van der Waals surface area contributed by atoms with E-state index >= 15 is 0 Å². The van der Waals surface area contributed by atoms with Crippen molar-refractivity contribution in [1.82, 2.24) is 0 Å². The second-order valence-corrected chi connectivity index (χ2v) is 3.66. The highest BCUT2D eigenvalue weighted by Gasteiger charge is 2.13. The molecule has 0 spiro atoms. The largest absolute Gasteiger partial charge is 0.462 e. The van der Waals surface area contributed by atoms with Gasteiger partial charge in [0.15, 0.2) is 0 Å². The van der Waals surface area contributed by atoms with Crippen molar-refractivity contribution in [3.05, 3.63) is 33.5 Å². The number of carbonyl (C=O) groups excluding carboxylic acids is 1. The van der Waals surface area contributed by atoms with Gasteiger partial charge in [0, 0.05) is 4.47 Å². The Morgan fingerprint density at radius 2 is 2.21 bits per heavy atom. The summed E-state index contributed by atoms with van der Waals surface area (Å²) >= 11 is 3.11. The third-order valence-electron chi connectivity index (χ3n) is 1.74. The number of hydrogen-bond acceptors (Lipinski definition) is 2. The van der Waals surface area contributed by atoms with Crippen LogP contribution in [0.3, 0.4) is 0 Å². The Morgan fingerprint density at radius 1 is 1.57 bits per heavy atom. The molecule has 0 aliphatic carbocycles. The fraction of sp³-hybridized carbons (Fsp3) is 0.300. The van der Waals surface area contributed by atoms with Crippen molar-refractivity contribution in [3.63, 3.8) is 0 Å². The van der Waals surface area contributed by atoms with Gasteiger partial charge < -0.3 is 4.74 Å². The van der Waals surface area contributed by atoms with E-state index in [-0.39, 0.29) is 5.82 Å². The van der Waals surface area contributed by atoms with Crippen molar-refractivity contribution in [2.24, 2.45) is 0 Å². The molecule has 0 N–H and O–H groups in total. The number of esters is 1. The second-order valence-electron chi connectivity index (χ2n) is 2.80. The summed E-state index contributed by atoms with van der Waals surface area (Å²) < 4.78 is 18.3. The van der Waals surface area contributed by atoms with E-state index in [0.29, 0.717) is 22.2 Å². The summed E-state index contributed by atoms with van der Waals surface area (Å²) in [7, 11) is 0. The molecule has 0 fully saturated rings. The monoisotopic (exact) mass is 260 g/mol. The first-order chi connectivity index (χ1) is 6.56. The van der Waals surface area contributed by atoms with Gasteiger partial charge in [0.1, 0.15) is 5.82 Å². The Kier molecular flexibility index (Phi) is 3.63. The van der Waals surface area contributed by atoms with Crippen molar-refractivity contribution in [3.8, 4) is 0 Å².